The highest BCUT2D eigenvalue weighted by Crippen LogP contribution is 2.20. The molecular formula is C18H23N7O2S. The molecule has 0 aliphatic rings. The number of carbonyl (C=O) groups excluding carboxylic acids is 1. The van der Waals surface area contributed by atoms with Gasteiger partial charge in [0.15, 0.2) is 0 Å². The summed E-state index contributed by atoms with van der Waals surface area (Å²) in [5.41, 5.74) is 2.94. The SMILES string of the molecule is COc1ccc(-n2nnnc2SCC(=O)NCCCn2nc(C)cc2C)cc1. The van der Waals surface area contributed by atoms with E-state index in [2.05, 4.69) is 25.9 Å². The molecule has 0 unspecified atom stereocenters. The lowest BCUT2D eigenvalue weighted by atomic mass is 10.3. The molecule has 1 amide bonds. The molecule has 2 aromatic heterocycles. The largest absolute Gasteiger partial charge is 0.497 e. The number of carbonyl (C=O) groups is 1. The van der Waals surface area contributed by atoms with E-state index in [0.29, 0.717) is 11.7 Å². The monoisotopic (exact) mass is 401 g/mol. The van der Waals surface area contributed by atoms with Crippen LogP contribution in [0.5, 0.6) is 5.75 Å². The minimum Gasteiger partial charge on any atom is -0.497 e. The number of thioether (sulfide) groups is 1. The second-order valence-corrected chi connectivity index (χ2v) is 7.16. The molecule has 0 aliphatic heterocycles. The molecule has 2 heterocycles. The van der Waals surface area contributed by atoms with Crippen molar-refractivity contribution in [1.29, 1.82) is 0 Å². The molecule has 0 aliphatic carbocycles. The number of rotatable bonds is 9. The predicted molar refractivity (Wildman–Crippen MR) is 106 cm³/mol. The summed E-state index contributed by atoms with van der Waals surface area (Å²) in [7, 11) is 1.61. The third-order valence-electron chi connectivity index (χ3n) is 4.06. The highest BCUT2D eigenvalue weighted by molar-refractivity contribution is 7.99. The second kappa shape index (κ2) is 9.36. The number of tetrazole rings is 1. The van der Waals surface area contributed by atoms with Crippen LogP contribution in [0.3, 0.4) is 0 Å². The van der Waals surface area contributed by atoms with Gasteiger partial charge < -0.3 is 10.1 Å². The molecule has 0 bridgehead atoms. The number of aryl methyl sites for hydroxylation is 3. The number of ether oxygens (including phenoxy) is 1. The van der Waals surface area contributed by atoms with Crippen molar-refractivity contribution >= 4 is 17.7 Å². The molecule has 28 heavy (non-hydrogen) atoms. The van der Waals surface area contributed by atoms with Crippen LogP contribution in [0.25, 0.3) is 5.69 Å². The summed E-state index contributed by atoms with van der Waals surface area (Å²) in [5.74, 6) is 0.949. The average molecular weight is 401 g/mol. The zero-order chi connectivity index (χ0) is 19.9. The van der Waals surface area contributed by atoms with Crippen LogP contribution >= 0.6 is 11.8 Å². The molecule has 1 aromatic carbocycles. The predicted octanol–water partition coefficient (Wildman–Crippen LogP) is 1.78. The molecular weight excluding hydrogens is 378 g/mol. The number of nitrogens with one attached hydrogen (secondary N) is 1. The van der Waals surface area contributed by atoms with Gasteiger partial charge in [-0.15, -0.1) is 5.10 Å². The van der Waals surface area contributed by atoms with Gasteiger partial charge in [-0.1, -0.05) is 11.8 Å². The van der Waals surface area contributed by atoms with Crippen LogP contribution in [0, 0.1) is 13.8 Å². The quantitative estimate of drug-likeness (QED) is 0.431. The molecule has 1 N–H and O–H groups in total. The Morgan fingerprint density at radius 1 is 1.25 bits per heavy atom. The van der Waals surface area contributed by atoms with Crippen LogP contribution < -0.4 is 10.1 Å². The Morgan fingerprint density at radius 2 is 2.04 bits per heavy atom. The summed E-state index contributed by atoms with van der Waals surface area (Å²) in [6, 6.07) is 9.43. The molecule has 3 aromatic rings. The van der Waals surface area contributed by atoms with Crippen LogP contribution in [0.4, 0.5) is 0 Å². The highest BCUT2D eigenvalue weighted by Gasteiger charge is 2.11. The summed E-state index contributed by atoms with van der Waals surface area (Å²) >= 11 is 1.29. The summed E-state index contributed by atoms with van der Waals surface area (Å²) < 4.78 is 8.71. The van der Waals surface area contributed by atoms with E-state index in [-0.39, 0.29) is 11.7 Å². The van der Waals surface area contributed by atoms with E-state index in [0.717, 1.165) is 35.8 Å². The normalized spacial score (nSPS) is 10.8. The van der Waals surface area contributed by atoms with Gasteiger partial charge in [-0.2, -0.15) is 9.78 Å². The fourth-order valence-corrected chi connectivity index (χ4v) is 3.41. The van der Waals surface area contributed by atoms with Crippen LogP contribution in [0.1, 0.15) is 17.8 Å². The number of amides is 1. The Hall–Kier alpha value is -2.88. The molecule has 3 rings (SSSR count). The molecule has 148 valence electrons. The van der Waals surface area contributed by atoms with Crippen molar-refractivity contribution in [2.24, 2.45) is 0 Å². The van der Waals surface area contributed by atoms with E-state index in [1.54, 1.807) is 11.8 Å². The van der Waals surface area contributed by atoms with Gasteiger partial charge in [0, 0.05) is 18.8 Å². The molecule has 0 radical (unpaired) electrons. The van der Waals surface area contributed by atoms with Crippen LogP contribution in [-0.4, -0.2) is 55.3 Å². The third kappa shape index (κ3) is 5.10. The summed E-state index contributed by atoms with van der Waals surface area (Å²) in [6.45, 7) is 5.38. The number of nitrogens with zero attached hydrogens (tertiary/aromatic N) is 6. The smallest absolute Gasteiger partial charge is 0.230 e. The highest BCUT2D eigenvalue weighted by atomic mass is 32.2. The third-order valence-corrected chi connectivity index (χ3v) is 4.98. The van der Waals surface area contributed by atoms with Gasteiger partial charge in [-0.05, 0) is 61.0 Å². The van der Waals surface area contributed by atoms with Crippen LogP contribution in [0.15, 0.2) is 35.5 Å². The first-order valence-corrected chi connectivity index (χ1v) is 9.88. The van der Waals surface area contributed by atoms with Crippen molar-refractivity contribution in [1.82, 2.24) is 35.3 Å². The number of methoxy groups -OCH3 is 1. The summed E-state index contributed by atoms with van der Waals surface area (Å²) in [4.78, 5) is 12.1. The number of aromatic nitrogens is 6. The Morgan fingerprint density at radius 3 is 2.71 bits per heavy atom. The van der Waals surface area contributed by atoms with Crippen LogP contribution in [-0.2, 0) is 11.3 Å². The van der Waals surface area contributed by atoms with Gasteiger partial charge in [0.1, 0.15) is 5.75 Å². The van der Waals surface area contributed by atoms with E-state index in [9.17, 15) is 4.79 Å². The van der Waals surface area contributed by atoms with Crippen molar-refractivity contribution in [3.8, 4) is 11.4 Å². The zero-order valence-electron chi connectivity index (χ0n) is 16.1. The van der Waals surface area contributed by atoms with Gasteiger partial charge in [0.05, 0.1) is 24.2 Å². The lowest BCUT2D eigenvalue weighted by Gasteiger charge is -2.07. The first-order valence-electron chi connectivity index (χ1n) is 8.90. The Kier molecular flexibility index (Phi) is 6.64. The van der Waals surface area contributed by atoms with Crippen LogP contribution in [0.2, 0.25) is 0 Å². The fraction of sp³-hybridized carbons (Fsp3) is 0.389. The van der Waals surface area contributed by atoms with E-state index >= 15 is 0 Å². The molecule has 9 nitrogen and oxygen atoms in total. The Balaban J connectivity index is 1.44. The maximum Gasteiger partial charge on any atom is 0.230 e. The van der Waals surface area contributed by atoms with Gasteiger partial charge in [0.2, 0.25) is 11.1 Å². The van der Waals surface area contributed by atoms with E-state index < -0.39 is 0 Å². The van der Waals surface area contributed by atoms with Gasteiger partial charge in [-0.25, -0.2) is 0 Å². The van der Waals surface area contributed by atoms with E-state index in [1.807, 2.05) is 48.9 Å². The second-order valence-electron chi connectivity index (χ2n) is 6.21. The van der Waals surface area contributed by atoms with Gasteiger partial charge >= 0.3 is 0 Å². The van der Waals surface area contributed by atoms with E-state index in [4.69, 9.17) is 4.74 Å². The Labute approximate surface area is 167 Å². The minimum absolute atomic E-state index is 0.0531. The molecule has 0 saturated carbocycles. The van der Waals surface area contributed by atoms with Crippen molar-refractivity contribution in [3.05, 3.63) is 41.7 Å². The first-order chi connectivity index (χ1) is 13.6. The maximum atomic E-state index is 12.1. The topological polar surface area (TPSA) is 99.8 Å². The zero-order valence-corrected chi connectivity index (χ0v) is 16.9. The Bertz CT molecular complexity index is 920. The fourth-order valence-electron chi connectivity index (χ4n) is 2.69. The first kappa shape index (κ1) is 19.9. The lowest BCUT2D eigenvalue weighted by molar-refractivity contribution is -0.118. The minimum atomic E-state index is -0.0531. The molecule has 0 saturated heterocycles. The van der Waals surface area contributed by atoms with Crippen molar-refractivity contribution < 1.29 is 9.53 Å². The molecule has 0 fully saturated rings. The average Bonchev–Trinajstić information content (AvgIpc) is 3.29. The van der Waals surface area contributed by atoms with Crippen molar-refractivity contribution in [2.75, 3.05) is 19.4 Å². The molecule has 0 spiro atoms. The van der Waals surface area contributed by atoms with Gasteiger partial charge in [0.25, 0.3) is 0 Å². The number of hydrogen-bond donors (Lipinski definition) is 1. The summed E-state index contributed by atoms with van der Waals surface area (Å²) in [6.07, 6.45) is 0.821. The lowest BCUT2D eigenvalue weighted by Crippen LogP contribution is -2.27. The van der Waals surface area contributed by atoms with Gasteiger partial charge in [-0.3, -0.25) is 9.48 Å². The summed E-state index contributed by atoms with van der Waals surface area (Å²) in [5, 5.41) is 19.6. The molecule has 10 heteroatoms. The maximum absolute atomic E-state index is 12.1. The van der Waals surface area contributed by atoms with Crippen molar-refractivity contribution in [3.63, 3.8) is 0 Å². The van der Waals surface area contributed by atoms with Crippen molar-refractivity contribution in [2.45, 2.75) is 32.0 Å². The number of benzene rings is 1. The standard InChI is InChI=1S/C18H23N7O2S/c1-13-11-14(2)24(21-13)10-4-9-19-17(26)12-28-18-20-22-23-25(18)15-5-7-16(27-3)8-6-15/h5-8,11H,4,9-10,12H2,1-3H3,(H,19,26). The number of hydrogen-bond acceptors (Lipinski definition) is 7. The molecule has 0 atom stereocenters. The van der Waals surface area contributed by atoms with E-state index in [1.165, 1.54) is 11.8 Å².